The van der Waals surface area contributed by atoms with E-state index in [1.54, 1.807) is 5.37 Å². The van der Waals surface area contributed by atoms with E-state index in [0.29, 0.717) is 6.61 Å². The maximum atomic E-state index is 4.48. The SMILES string of the molecule is [CH2]OCCC=S. The van der Waals surface area contributed by atoms with Gasteiger partial charge in [-0.1, -0.05) is 12.2 Å². The van der Waals surface area contributed by atoms with Gasteiger partial charge in [-0.3, -0.25) is 0 Å². The Morgan fingerprint density at radius 2 is 2.50 bits per heavy atom. The molecule has 0 aromatic carbocycles. The van der Waals surface area contributed by atoms with E-state index in [1.165, 1.54) is 0 Å². The van der Waals surface area contributed by atoms with Crippen molar-refractivity contribution in [2.24, 2.45) is 0 Å². The van der Waals surface area contributed by atoms with Crippen LogP contribution in [0.2, 0.25) is 0 Å². The average molecular weight is 103 g/mol. The molecule has 0 saturated heterocycles. The van der Waals surface area contributed by atoms with Crippen molar-refractivity contribution in [3.8, 4) is 0 Å². The first-order chi connectivity index (χ1) is 2.91. The average Bonchev–Trinajstić information content (AvgIpc) is 1.61. The standard InChI is InChI=1S/C4H7OS/c1-5-3-2-4-6/h4H,1-3H2. The molecule has 0 aliphatic rings. The van der Waals surface area contributed by atoms with Crippen LogP contribution in [0.3, 0.4) is 0 Å². The van der Waals surface area contributed by atoms with E-state index < -0.39 is 0 Å². The Bertz CT molecular complexity index is 36.5. The Morgan fingerprint density at radius 3 is 2.67 bits per heavy atom. The molecule has 0 aromatic rings. The zero-order valence-corrected chi connectivity index (χ0v) is 4.33. The minimum Gasteiger partial charge on any atom is -0.379 e. The highest BCUT2D eigenvalue weighted by Gasteiger charge is 1.71. The van der Waals surface area contributed by atoms with Gasteiger partial charge in [-0.25, -0.2) is 0 Å². The van der Waals surface area contributed by atoms with Gasteiger partial charge in [0.1, 0.15) is 0 Å². The molecule has 0 unspecified atom stereocenters. The molecule has 0 amide bonds. The number of rotatable bonds is 3. The van der Waals surface area contributed by atoms with Gasteiger partial charge in [0.25, 0.3) is 0 Å². The van der Waals surface area contributed by atoms with Gasteiger partial charge < -0.3 is 4.74 Å². The summed E-state index contributed by atoms with van der Waals surface area (Å²) >= 11 is 4.48. The zero-order chi connectivity index (χ0) is 4.83. The minimum atomic E-state index is 0.642. The molecule has 0 saturated carbocycles. The van der Waals surface area contributed by atoms with Crippen molar-refractivity contribution in [1.82, 2.24) is 0 Å². The predicted octanol–water partition coefficient (Wildman–Crippen LogP) is 1.18. The summed E-state index contributed by atoms with van der Waals surface area (Å²) in [5.41, 5.74) is 0. The lowest BCUT2D eigenvalue weighted by Crippen LogP contribution is -1.83. The zero-order valence-electron chi connectivity index (χ0n) is 3.52. The molecule has 0 rings (SSSR count). The summed E-state index contributed by atoms with van der Waals surface area (Å²) in [6.45, 7) is 0.642. The Morgan fingerprint density at radius 1 is 1.83 bits per heavy atom. The molecule has 0 spiro atoms. The van der Waals surface area contributed by atoms with Crippen molar-refractivity contribution >= 4 is 17.6 Å². The van der Waals surface area contributed by atoms with Crippen LogP contribution in [0.15, 0.2) is 0 Å². The summed E-state index contributed by atoms with van der Waals surface area (Å²) in [5, 5.41) is 1.63. The van der Waals surface area contributed by atoms with E-state index in [1.807, 2.05) is 0 Å². The summed E-state index contributed by atoms with van der Waals surface area (Å²) in [4.78, 5) is 0. The van der Waals surface area contributed by atoms with Crippen molar-refractivity contribution in [2.75, 3.05) is 6.61 Å². The van der Waals surface area contributed by atoms with Crippen molar-refractivity contribution in [3.63, 3.8) is 0 Å². The van der Waals surface area contributed by atoms with Crippen molar-refractivity contribution < 1.29 is 4.74 Å². The third-order valence-corrected chi connectivity index (χ3v) is 0.616. The smallest absolute Gasteiger partial charge is 0.0700 e. The van der Waals surface area contributed by atoms with E-state index in [0.717, 1.165) is 6.42 Å². The molecule has 0 N–H and O–H groups in total. The van der Waals surface area contributed by atoms with E-state index >= 15 is 0 Å². The van der Waals surface area contributed by atoms with Gasteiger partial charge in [-0.2, -0.15) is 0 Å². The molecule has 35 valence electrons. The van der Waals surface area contributed by atoms with Crippen LogP contribution in [-0.2, 0) is 4.74 Å². The first kappa shape index (κ1) is 6.05. The fraction of sp³-hybridized carbons (Fsp3) is 0.500. The molecule has 0 atom stereocenters. The summed E-state index contributed by atoms with van der Waals surface area (Å²) in [6, 6.07) is 0. The Hall–Kier alpha value is 0.0500. The highest BCUT2D eigenvalue weighted by Crippen LogP contribution is 1.72. The Balaban J connectivity index is 2.49. The fourth-order valence-electron chi connectivity index (χ4n) is 0.131. The van der Waals surface area contributed by atoms with Crippen LogP contribution in [-0.4, -0.2) is 12.0 Å². The monoisotopic (exact) mass is 103 g/mol. The lowest BCUT2D eigenvalue weighted by atomic mass is 10.5. The summed E-state index contributed by atoms with van der Waals surface area (Å²) in [6.07, 6.45) is 0.818. The van der Waals surface area contributed by atoms with E-state index in [9.17, 15) is 0 Å². The van der Waals surface area contributed by atoms with Gasteiger partial charge in [0, 0.05) is 0 Å². The van der Waals surface area contributed by atoms with Crippen LogP contribution in [0.1, 0.15) is 6.42 Å². The largest absolute Gasteiger partial charge is 0.379 e. The fourth-order valence-corrected chi connectivity index (χ4v) is 0.228. The van der Waals surface area contributed by atoms with Crippen LogP contribution in [0.5, 0.6) is 0 Å². The summed E-state index contributed by atoms with van der Waals surface area (Å²) in [5.74, 6) is 0. The Kier molecular flexibility index (Phi) is 5.09. The maximum absolute atomic E-state index is 4.48. The van der Waals surface area contributed by atoms with Crippen molar-refractivity contribution in [2.45, 2.75) is 6.42 Å². The number of hydrogen-bond acceptors (Lipinski definition) is 2. The molecule has 0 aliphatic heterocycles. The second-order valence-electron chi connectivity index (χ2n) is 0.864. The van der Waals surface area contributed by atoms with Gasteiger partial charge in [0.05, 0.1) is 13.7 Å². The van der Waals surface area contributed by atoms with Gasteiger partial charge in [0.15, 0.2) is 0 Å². The molecule has 1 radical (unpaired) electrons. The number of ether oxygens (including phenoxy) is 1. The van der Waals surface area contributed by atoms with Gasteiger partial charge in [-0.15, -0.1) is 0 Å². The van der Waals surface area contributed by atoms with Crippen molar-refractivity contribution in [3.05, 3.63) is 7.11 Å². The molecule has 0 fully saturated rings. The van der Waals surface area contributed by atoms with E-state index in [2.05, 4.69) is 24.1 Å². The quantitative estimate of drug-likeness (QED) is 0.392. The maximum Gasteiger partial charge on any atom is 0.0700 e. The molecule has 1 nitrogen and oxygen atoms in total. The van der Waals surface area contributed by atoms with Crippen LogP contribution in [0, 0.1) is 7.11 Å². The molecule has 0 heterocycles. The van der Waals surface area contributed by atoms with E-state index in [4.69, 9.17) is 0 Å². The second kappa shape index (κ2) is 5.05. The van der Waals surface area contributed by atoms with E-state index in [-0.39, 0.29) is 0 Å². The topological polar surface area (TPSA) is 9.23 Å². The van der Waals surface area contributed by atoms with Gasteiger partial charge in [0.2, 0.25) is 0 Å². The first-order valence-electron chi connectivity index (χ1n) is 1.72. The molecule has 2 heteroatoms. The minimum absolute atomic E-state index is 0.642. The molecule has 6 heavy (non-hydrogen) atoms. The van der Waals surface area contributed by atoms with Crippen molar-refractivity contribution in [1.29, 1.82) is 0 Å². The third kappa shape index (κ3) is 4.05. The molecule has 0 bridgehead atoms. The molecule has 0 aromatic heterocycles. The van der Waals surface area contributed by atoms with Crippen LogP contribution >= 0.6 is 12.2 Å². The second-order valence-corrected chi connectivity index (χ2v) is 1.20. The Labute approximate surface area is 43.3 Å². The molecule has 0 aliphatic carbocycles. The lowest BCUT2D eigenvalue weighted by molar-refractivity contribution is 0.253. The first-order valence-corrected chi connectivity index (χ1v) is 2.19. The highest BCUT2D eigenvalue weighted by atomic mass is 32.1. The highest BCUT2D eigenvalue weighted by molar-refractivity contribution is 7.78. The van der Waals surface area contributed by atoms with Crippen LogP contribution in [0.25, 0.3) is 0 Å². The molecular weight excluding hydrogens is 96.1 g/mol. The van der Waals surface area contributed by atoms with Crippen LogP contribution < -0.4 is 0 Å². The van der Waals surface area contributed by atoms with Gasteiger partial charge >= 0.3 is 0 Å². The number of hydrogen-bond donors (Lipinski definition) is 0. The summed E-state index contributed by atoms with van der Waals surface area (Å²) < 4.78 is 4.43. The lowest BCUT2D eigenvalue weighted by Gasteiger charge is -1.84. The van der Waals surface area contributed by atoms with Crippen LogP contribution in [0.4, 0.5) is 0 Å². The number of thiocarbonyl (C=S) groups is 1. The predicted molar refractivity (Wildman–Crippen MR) is 29.6 cm³/mol. The molecular formula is C4H7OS. The normalized spacial score (nSPS) is 8.17. The summed E-state index contributed by atoms with van der Waals surface area (Å²) in [7, 11) is 3.16. The van der Waals surface area contributed by atoms with Gasteiger partial charge in [-0.05, 0) is 11.8 Å². The third-order valence-electron chi connectivity index (χ3n) is 0.380.